The van der Waals surface area contributed by atoms with Gasteiger partial charge in [0.15, 0.2) is 5.78 Å². The van der Waals surface area contributed by atoms with Gasteiger partial charge in [0.1, 0.15) is 6.10 Å². The number of carbonyl (C=O) groups excluding carboxylic acids is 1. The number of ketones is 1. The molecule has 78 valence electrons. The number of carbonyl (C=O) groups is 1. The molecule has 0 aliphatic rings. The molecule has 0 spiro atoms. The molecule has 0 saturated heterocycles. The smallest absolute Gasteiger partial charge is 0.163 e. The average Bonchev–Trinajstić information content (AvgIpc) is 2.15. The van der Waals surface area contributed by atoms with E-state index in [2.05, 4.69) is 6.92 Å². The van der Waals surface area contributed by atoms with Crippen LogP contribution in [0.1, 0.15) is 39.5 Å². The van der Waals surface area contributed by atoms with E-state index in [-0.39, 0.29) is 5.78 Å². The lowest BCUT2D eigenvalue weighted by Gasteiger charge is -2.15. The van der Waals surface area contributed by atoms with Crippen LogP contribution < -0.4 is 0 Å². The van der Waals surface area contributed by atoms with Gasteiger partial charge in [0, 0.05) is 13.5 Å². The van der Waals surface area contributed by atoms with Gasteiger partial charge in [-0.05, 0) is 13.3 Å². The van der Waals surface area contributed by atoms with Gasteiger partial charge in [-0.2, -0.15) is 0 Å². The van der Waals surface area contributed by atoms with Crippen LogP contribution in [0.5, 0.6) is 0 Å². The van der Waals surface area contributed by atoms with Gasteiger partial charge >= 0.3 is 0 Å². The molecule has 2 unspecified atom stereocenters. The van der Waals surface area contributed by atoms with Crippen molar-refractivity contribution in [3.8, 4) is 0 Å². The first kappa shape index (κ1) is 12.6. The molecule has 1 N–H and O–H groups in total. The van der Waals surface area contributed by atoms with E-state index in [0.29, 0.717) is 6.42 Å². The second kappa shape index (κ2) is 7.04. The number of ether oxygens (including phenoxy) is 1. The Morgan fingerprint density at radius 3 is 2.54 bits per heavy atom. The first-order valence-corrected chi connectivity index (χ1v) is 4.87. The molecule has 0 aliphatic heterocycles. The Hall–Kier alpha value is -0.410. The molecule has 0 aromatic heterocycles. The zero-order valence-corrected chi connectivity index (χ0v) is 8.75. The lowest BCUT2D eigenvalue weighted by molar-refractivity contribution is -0.133. The molecular weight excluding hydrogens is 168 g/mol. The summed E-state index contributed by atoms with van der Waals surface area (Å²) in [5, 5.41) is 9.41. The van der Waals surface area contributed by atoms with Gasteiger partial charge in [0.25, 0.3) is 0 Å². The fraction of sp³-hybridized carbons (Fsp3) is 0.900. The van der Waals surface area contributed by atoms with Crippen LogP contribution in [-0.2, 0) is 9.53 Å². The van der Waals surface area contributed by atoms with E-state index in [0.717, 1.165) is 19.3 Å². The Labute approximate surface area is 80.1 Å². The van der Waals surface area contributed by atoms with Gasteiger partial charge in [-0.15, -0.1) is 0 Å². The van der Waals surface area contributed by atoms with Gasteiger partial charge in [-0.1, -0.05) is 19.8 Å². The summed E-state index contributed by atoms with van der Waals surface area (Å²) in [5.41, 5.74) is 0. The normalized spacial score (nSPS) is 15.4. The van der Waals surface area contributed by atoms with Crippen molar-refractivity contribution < 1.29 is 14.6 Å². The Bertz CT molecular complexity index is 145. The minimum Gasteiger partial charge on any atom is -0.383 e. The molecule has 0 fully saturated rings. The summed E-state index contributed by atoms with van der Waals surface area (Å²) in [4.78, 5) is 11.3. The SMILES string of the molecule is CCCCCC(=O)C(O)C(C)OC. The number of Topliss-reactive ketones (excluding diaryl/α,β-unsaturated/α-hetero) is 1. The molecule has 0 saturated carbocycles. The number of methoxy groups -OCH3 is 1. The van der Waals surface area contributed by atoms with E-state index in [1.165, 1.54) is 7.11 Å². The van der Waals surface area contributed by atoms with Gasteiger partial charge in [0.2, 0.25) is 0 Å². The summed E-state index contributed by atoms with van der Waals surface area (Å²) in [6.07, 6.45) is 2.10. The first-order valence-electron chi connectivity index (χ1n) is 4.87. The van der Waals surface area contributed by atoms with Crippen LogP contribution >= 0.6 is 0 Å². The minimum absolute atomic E-state index is 0.109. The van der Waals surface area contributed by atoms with Crippen LogP contribution in [-0.4, -0.2) is 30.2 Å². The van der Waals surface area contributed by atoms with E-state index in [9.17, 15) is 9.90 Å². The standard InChI is InChI=1S/C10H20O3/c1-4-5-6-7-9(11)10(12)8(2)13-3/h8,10,12H,4-7H2,1-3H3. The highest BCUT2D eigenvalue weighted by Gasteiger charge is 2.20. The third kappa shape index (κ3) is 5.01. The lowest BCUT2D eigenvalue weighted by atomic mass is 10.0. The summed E-state index contributed by atoms with van der Waals surface area (Å²) in [6.45, 7) is 3.78. The second-order valence-corrected chi connectivity index (χ2v) is 3.31. The summed E-state index contributed by atoms with van der Waals surface area (Å²) in [5.74, 6) is -0.109. The predicted molar refractivity (Wildman–Crippen MR) is 51.6 cm³/mol. The fourth-order valence-electron chi connectivity index (χ4n) is 1.09. The second-order valence-electron chi connectivity index (χ2n) is 3.31. The van der Waals surface area contributed by atoms with Crippen molar-refractivity contribution >= 4 is 5.78 Å². The number of unbranched alkanes of at least 4 members (excludes halogenated alkanes) is 2. The third-order valence-electron chi connectivity index (χ3n) is 2.17. The molecule has 13 heavy (non-hydrogen) atoms. The number of rotatable bonds is 7. The van der Waals surface area contributed by atoms with Crippen molar-refractivity contribution in [1.82, 2.24) is 0 Å². The quantitative estimate of drug-likeness (QED) is 0.616. The topological polar surface area (TPSA) is 46.5 Å². The van der Waals surface area contributed by atoms with Gasteiger partial charge < -0.3 is 9.84 Å². The molecule has 3 nitrogen and oxygen atoms in total. The highest BCUT2D eigenvalue weighted by molar-refractivity contribution is 5.83. The average molecular weight is 188 g/mol. The summed E-state index contributed by atoms with van der Waals surface area (Å²) >= 11 is 0. The molecule has 0 heterocycles. The highest BCUT2D eigenvalue weighted by atomic mass is 16.5. The Morgan fingerprint density at radius 1 is 1.46 bits per heavy atom. The van der Waals surface area contributed by atoms with Crippen molar-refractivity contribution in [1.29, 1.82) is 0 Å². The van der Waals surface area contributed by atoms with Crippen LogP contribution in [0.15, 0.2) is 0 Å². The Morgan fingerprint density at radius 2 is 2.08 bits per heavy atom. The minimum atomic E-state index is -0.957. The van der Waals surface area contributed by atoms with Crippen molar-refractivity contribution in [2.24, 2.45) is 0 Å². The summed E-state index contributed by atoms with van der Waals surface area (Å²) < 4.78 is 4.87. The van der Waals surface area contributed by atoms with Crippen LogP contribution in [0.2, 0.25) is 0 Å². The Kier molecular flexibility index (Phi) is 6.82. The van der Waals surface area contributed by atoms with Crippen molar-refractivity contribution in [2.45, 2.75) is 51.7 Å². The number of aliphatic hydroxyl groups is 1. The van der Waals surface area contributed by atoms with Crippen LogP contribution in [0.3, 0.4) is 0 Å². The van der Waals surface area contributed by atoms with Gasteiger partial charge in [-0.25, -0.2) is 0 Å². The van der Waals surface area contributed by atoms with Crippen molar-refractivity contribution in [3.05, 3.63) is 0 Å². The molecule has 0 aliphatic carbocycles. The molecule has 0 amide bonds. The first-order chi connectivity index (χ1) is 6.13. The summed E-state index contributed by atoms with van der Waals surface area (Å²) in [7, 11) is 1.49. The van der Waals surface area contributed by atoms with Gasteiger partial charge in [0.05, 0.1) is 6.10 Å². The van der Waals surface area contributed by atoms with Crippen LogP contribution in [0, 0.1) is 0 Å². The molecule has 3 heteroatoms. The van der Waals surface area contributed by atoms with E-state index < -0.39 is 12.2 Å². The summed E-state index contributed by atoms with van der Waals surface area (Å²) in [6, 6.07) is 0. The van der Waals surface area contributed by atoms with E-state index in [4.69, 9.17) is 4.74 Å². The number of hydrogen-bond donors (Lipinski definition) is 1. The maximum absolute atomic E-state index is 11.3. The highest BCUT2D eigenvalue weighted by Crippen LogP contribution is 2.06. The zero-order chi connectivity index (χ0) is 10.3. The lowest BCUT2D eigenvalue weighted by Crippen LogP contribution is -2.32. The molecule has 2 atom stereocenters. The van der Waals surface area contributed by atoms with E-state index in [1.54, 1.807) is 6.92 Å². The molecule has 0 bridgehead atoms. The Balaban J connectivity index is 3.69. The van der Waals surface area contributed by atoms with Crippen LogP contribution in [0.25, 0.3) is 0 Å². The maximum Gasteiger partial charge on any atom is 0.163 e. The zero-order valence-electron chi connectivity index (χ0n) is 8.75. The molecule has 0 aromatic rings. The largest absolute Gasteiger partial charge is 0.383 e. The molecule has 0 radical (unpaired) electrons. The molecular formula is C10H20O3. The van der Waals surface area contributed by atoms with Crippen LogP contribution in [0.4, 0.5) is 0 Å². The maximum atomic E-state index is 11.3. The third-order valence-corrected chi connectivity index (χ3v) is 2.17. The predicted octanol–water partition coefficient (Wildman–Crippen LogP) is 1.53. The van der Waals surface area contributed by atoms with Crippen molar-refractivity contribution in [3.63, 3.8) is 0 Å². The number of aliphatic hydroxyl groups excluding tert-OH is 1. The van der Waals surface area contributed by atoms with E-state index >= 15 is 0 Å². The van der Waals surface area contributed by atoms with Crippen molar-refractivity contribution in [2.75, 3.05) is 7.11 Å². The van der Waals surface area contributed by atoms with Gasteiger partial charge in [-0.3, -0.25) is 4.79 Å². The monoisotopic (exact) mass is 188 g/mol. The molecule has 0 rings (SSSR count). The van der Waals surface area contributed by atoms with E-state index in [1.807, 2.05) is 0 Å². The fourth-order valence-corrected chi connectivity index (χ4v) is 1.09. The number of hydrogen-bond acceptors (Lipinski definition) is 3. The molecule has 0 aromatic carbocycles.